The first-order valence-electron chi connectivity index (χ1n) is 17.8. The number of anilines is 6. The van der Waals surface area contributed by atoms with E-state index >= 15 is 0 Å². The lowest BCUT2D eigenvalue weighted by Gasteiger charge is -2.45. The molecule has 0 saturated heterocycles. The monoisotopic (exact) mass is 696 g/mol. The molecule has 0 radical (unpaired) electrons. The second-order valence-corrected chi connectivity index (χ2v) is 13.9. The van der Waals surface area contributed by atoms with Gasteiger partial charge >= 0.3 is 0 Å². The van der Waals surface area contributed by atoms with E-state index in [1.165, 1.54) is 0 Å². The molecule has 8 aromatic carbocycles. The topological polar surface area (TPSA) is 82.2 Å². The van der Waals surface area contributed by atoms with Gasteiger partial charge in [-0.2, -0.15) is 15.8 Å². The summed E-state index contributed by atoms with van der Waals surface area (Å²) in [5, 5.41) is 34.8. The van der Waals surface area contributed by atoms with Crippen LogP contribution in [0.2, 0.25) is 0 Å². The molecule has 55 heavy (non-hydrogen) atoms. The molecule has 250 valence electrons. The molecule has 0 saturated carbocycles. The third-order valence-electron chi connectivity index (χ3n) is 10.8. The standard InChI is InChI=1S/C48H25BN6/c1-53-39-16-32(29-52)19-41(26-39)55-45-23-37-14-8-6-12-35(37)21-43(45)49-42-20-34-11-5-7-13-36(34)22-44(42)54(40-17-30(27-50)15-31(18-40)28-51)46-24-38(25-47(55)48(46)49)33-9-3-2-4-10-33/h2-26H. The Morgan fingerprint density at radius 1 is 0.455 bits per heavy atom. The van der Waals surface area contributed by atoms with Crippen LogP contribution in [0.25, 0.3) is 37.5 Å². The van der Waals surface area contributed by atoms with Crippen LogP contribution in [0.1, 0.15) is 16.7 Å². The molecule has 2 aliphatic heterocycles. The minimum absolute atomic E-state index is 0.212. The summed E-state index contributed by atoms with van der Waals surface area (Å²) < 4.78 is 0. The zero-order valence-corrected chi connectivity index (χ0v) is 29.2. The third kappa shape index (κ3) is 4.94. The molecular formula is C48H25BN6. The van der Waals surface area contributed by atoms with Crippen molar-refractivity contribution in [3.05, 3.63) is 180 Å². The van der Waals surface area contributed by atoms with E-state index in [2.05, 4.69) is 118 Å². The van der Waals surface area contributed by atoms with Crippen LogP contribution in [0.3, 0.4) is 0 Å². The van der Waals surface area contributed by atoms with Gasteiger partial charge in [0.05, 0.1) is 35.9 Å². The average Bonchev–Trinajstić information content (AvgIpc) is 3.24. The van der Waals surface area contributed by atoms with Crippen molar-refractivity contribution in [1.82, 2.24) is 0 Å². The van der Waals surface area contributed by atoms with Crippen LogP contribution in [0.5, 0.6) is 0 Å². The summed E-state index contributed by atoms with van der Waals surface area (Å²) in [5.74, 6) is 0. The molecule has 0 spiro atoms. The number of rotatable bonds is 3. The van der Waals surface area contributed by atoms with E-state index in [0.717, 1.165) is 71.8 Å². The van der Waals surface area contributed by atoms with E-state index in [0.29, 0.717) is 33.8 Å². The lowest BCUT2D eigenvalue weighted by atomic mass is 9.33. The van der Waals surface area contributed by atoms with Gasteiger partial charge in [-0.05, 0) is 110 Å². The van der Waals surface area contributed by atoms with Crippen molar-refractivity contribution in [1.29, 1.82) is 15.8 Å². The molecule has 8 aromatic rings. The Hall–Kier alpha value is -8.10. The number of benzene rings is 8. The summed E-state index contributed by atoms with van der Waals surface area (Å²) in [4.78, 5) is 8.18. The first-order chi connectivity index (χ1) is 27.0. The van der Waals surface area contributed by atoms with Crippen LogP contribution in [0, 0.1) is 40.6 Å². The predicted molar refractivity (Wildman–Crippen MR) is 221 cm³/mol. The molecule has 2 heterocycles. The van der Waals surface area contributed by atoms with Crippen LogP contribution in [0.15, 0.2) is 152 Å². The summed E-state index contributed by atoms with van der Waals surface area (Å²) in [6.07, 6.45) is 0. The Kier molecular flexibility index (Phi) is 7.05. The van der Waals surface area contributed by atoms with E-state index in [-0.39, 0.29) is 6.71 Å². The second-order valence-electron chi connectivity index (χ2n) is 13.9. The Labute approximate surface area is 318 Å². The highest BCUT2D eigenvalue weighted by molar-refractivity contribution is 7.00. The molecule has 0 aromatic heterocycles. The number of hydrogen-bond acceptors (Lipinski definition) is 5. The lowest BCUT2D eigenvalue weighted by molar-refractivity contribution is 1.25. The predicted octanol–water partition coefficient (Wildman–Crippen LogP) is 9.91. The number of nitrogens with zero attached hydrogens (tertiary/aromatic N) is 6. The van der Waals surface area contributed by atoms with Gasteiger partial charge in [0, 0.05) is 39.7 Å². The van der Waals surface area contributed by atoms with Crippen molar-refractivity contribution in [2.45, 2.75) is 0 Å². The van der Waals surface area contributed by atoms with Crippen LogP contribution in [-0.2, 0) is 0 Å². The first kappa shape index (κ1) is 31.6. The summed E-state index contributed by atoms with van der Waals surface area (Å²) in [6.45, 7) is 7.74. The average molecular weight is 697 g/mol. The van der Waals surface area contributed by atoms with Crippen molar-refractivity contribution in [2.24, 2.45) is 0 Å². The van der Waals surface area contributed by atoms with Gasteiger partial charge in [0.25, 0.3) is 6.71 Å². The van der Waals surface area contributed by atoms with Crippen LogP contribution < -0.4 is 26.2 Å². The van der Waals surface area contributed by atoms with Crippen LogP contribution in [0.4, 0.5) is 39.8 Å². The Balaban J connectivity index is 1.40. The van der Waals surface area contributed by atoms with Crippen molar-refractivity contribution < 1.29 is 0 Å². The molecule has 10 rings (SSSR count). The van der Waals surface area contributed by atoms with Gasteiger partial charge in [-0.1, -0.05) is 91.0 Å². The van der Waals surface area contributed by atoms with Crippen molar-refractivity contribution in [3.63, 3.8) is 0 Å². The molecule has 0 unspecified atom stereocenters. The van der Waals surface area contributed by atoms with Gasteiger partial charge in [0.15, 0.2) is 5.69 Å². The molecule has 6 nitrogen and oxygen atoms in total. The van der Waals surface area contributed by atoms with Gasteiger partial charge in [0.1, 0.15) is 0 Å². The van der Waals surface area contributed by atoms with Gasteiger partial charge < -0.3 is 9.80 Å². The zero-order chi connectivity index (χ0) is 37.2. The molecule has 0 bridgehead atoms. The van der Waals surface area contributed by atoms with Crippen molar-refractivity contribution in [2.75, 3.05) is 9.80 Å². The maximum atomic E-state index is 10.2. The second kappa shape index (κ2) is 12.3. The summed E-state index contributed by atoms with van der Waals surface area (Å²) >= 11 is 0. The van der Waals surface area contributed by atoms with Crippen molar-refractivity contribution >= 4 is 84.5 Å². The van der Waals surface area contributed by atoms with E-state index in [1.807, 2.05) is 54.6 Å². The normalized spacial score (nSPS) is 12.2. The minimum Gasteiger partial charge on any atom is -0.313 e. The highest BCUT2D eigenvalue weighted by Crippen LogP contribution is 2.48. The zero-order valence-electron chi connectivity index (χ0n) is 29.2. The molecule has 0 N–H and O–H groups in total. The molecular weight excluding hydrogens is 671 g/mol. The first-order valence-corrected chi connectivity index (χ1v) is 17.8. The largest absolute Gasteiger partial charge is 0.313 e. The van der Waals surface area contributed by atoms with Crippen LogP contribution in [-0.4, -0.2) is 6.71 Å². The van der Waals surface area contributed by atoms with E-state index in [9.17, 15) is 15.8 Å². The molecule has 0 aliphatic carbocycles. The minimum atomic E-state index is -0.212. The summed E-state index contributed by atoms with van der Waals surface area (Å²) in [7, 11) is 0. The smallest absolute Gasteiger partial charge is 0.252 e. The highest BCUT2D eigenvalue weighted by atomic mass is 15.2. The Bertz CT molecular complexity index is 2870. The fourth-order valence-electron chi connectivity index (χ4n) is 8.44. The summed E-state index contributed by atoms with van der Waals surface area (Å²) in [6, 6.07) is 57.8. The van der Waals surface area contributed by atoms with Crippen LogP contribution >= 0.6 is 0 Å². The molecule has 0 amide bonds. The summed E-state index contributed by atoms with van der Waals surface area (Å²) in [5.41, 5.74) is 11.9. The quantitative estimate of drug-likeness (QED) is 0.136. The number of hydrogen-bond donors (Lipinski definition) is 0. The number of fused-ring (bicyclic) bond motifs is 6. The van der Waals surface area contributed by atoms with E-state index in [4.69, 9.17) is 6.57 Å². The maximum Gasteiger partial charge on any atom is 0.252 e. The van der Waals surface area contributed by atoms with E-state index < -0.39 is 0 Å². The van der Waals surface area contributed by atoms with Crippen molar-refractivity contribution in [3.8, 4) is 29.3 Å². The fraction of sp³-hybridized carbons (Fsp3) is 0. The van der Waals surface area contributed by atoms with Gasteiger partial charge in [0.2, 0.25) is 0 Å². The van der Waals surface area contributed by atoms with Gasteiger partial charge in [-0.15, -0.1) is 0 Å². The maximum absolute atomic E-state index is 10.2. The Morgan fingerprint density at radius 3 is 1.40 bits per heavy atom. The van der Waals surface area contributed by atoms with E-state index in [1.54, 1.807) is 12.1 Å². The fourth-order valence-corrected chi connectivity index (χ4v) is 8.44. The molecule has 7 heteroatoms. The highest BCUT2D eigenvalue weighted by Gasteiger charge is 2.44. The third-order valence-corrected chi connectivity index (χ3v) is 10.8. The van der Waals surface area contributed by atoms with Gasteiger partial charge in [-0.25, -0.2) is 4.85 Å². The number of nitriles is 3. The van der Waals surface area contributed by atoms with Gasteiger partial charge in [-0.3, -0.25) is 0 Å². The molecule has 0 atom stereocenters. The Morgan fingerprint density at radius 2 is 0.909 bits per heavy atom. The molecule has 0 fully saturated rings. The molecule has 2 aliphatic rings. The SMILES string of the molecule is [C-]#[N+]c1cc(C#N)cc(N2c3cc4ccccc4cc3B3c4cc5ccccc5cc4N(c4cc(C#N)cc(C#N)c4)c4cc(-c5ccccc5)cc2c43)c1. The lowest BCUT2D eigenvalue weighted by Crippen LogP contribution is -2.61.